The molecule has 1 heterocycles. The Hall–Kier alpha value is -2.36. The van der Waals surface area contributed by atoms with Gasteiger partial charge in [-0.05, 0) is 62.5 Å². The molecule has 39 heavy (non-hydrogen) atoms. The minimum Gasteiger partial charge on any atom is -0.481 e. The van der Waals surface area contributed by atoms with Crippen LogP contribution in [0.5, 0.6) is 0 Å². The summed E-state index contributed by atoms with van der Waals surface area (Å²) in [5.41, 5.74) is -1.45. The van der Waals surface area contributed by atoms with Crippen molar-refractivity contribution in [3.63, 3.8) is 0 Å². The van der Waals surface area contributed by atoms with Crippen LogP contribution >= 0.6 is 0 Å². The maximum Gasteiger partial charge on any atom is 0.306 e. The first-order chi connectivity index (χ1) is 18.5. The van der Waals surface area contributed by atoms with Crippen molar-refractivity contribution in [2.75, 3.05) is 6.61 Å². The lowest BCUT2D eigenvalue weighted by atomic mass is 9.46. The maximum absolute atomic E-state index is 14.0. The third-order valence-corrected chi connectivity index (χ3v) is 10.4. The van der Waals surface area contributed by atoms with E-state index in [1.165, 1.54) is 0 Å². The minimum absolute atomic E-state index is 0.0164. The van der Waals surface area contributed by atoms with Crippen LogP contribution in [0.25, 0.3) is 0 Å². The van der Waals surface area contributed by atoms with Gasteiger partial charge in [0.1, 0.15) is 0 Å². The quantitative estimate of drug-likeness (QED) is 0.418. The number of ether oxygens (including phenoxy) is 3. The average molecular weight is 545 g/mol. The molecule has 9 nitrogen and oxygen atoms in total. The van der Waals surface area contributed by atoms with E-state index in [1.54, 1.807) is 12.2 Å². The van der Waals surface area contributed by atoms with Crippen molar-refractivity contribution in [2.45, 2.75) is 103 Å². The average Bonchev–Trinajstić information content (AvgIpc) is 3.35. The number of carbonyl (C=O) groups excluding carboxylic acids is 3. The van der Waals surface area contributed by atoms with Gasteiger partial charge in [0.2, 0.25) is 5.78 Å². The number of esters is 1. The number of aliphatic hydroxyl groups is 1. The fourth-order valence-corrected chi connectivity index (χ4v) is 8.71. The van der Waals surface area contributed by atoms with E-state index < -0.39 is 53.5 Å². The predicted octanol–water partition coefficient (Wildman–Crippen LogP) is 3.52. The molecule has 1 unspecified atom stereocenters. The molecule has 2 N–H and O–H groups in total. The molecule has 5 aliphatic rings. The lowest BCUT2D eigenvalue weighted by molar-refractivity contribution is -0.201. The summed E-state index contributed by atoms with van der Waals surface area (Å²) in [7, 11) is 0. The summed E-state index contributed by atoms with van der Waals surface area (Å²) >= 11 is 0. The second-order valence-corrected chi connectivity index (χ2v) is 12.5. The van der Waals surface area contributed by atoms with Crippen LogP contribution in [0.3, 0.4) is 0 Å². The highest BCUT2D eigenvalue weighted by molar-refractivity contribution is 6.01. The third kappa shape index (κ3) is 4.41. The molecule has 4 aliphatic carbocycles. The number of carboxylic acids is 1. The molecule has 3 saturated carbocycles. The monoisotopic (exact) mass is 544 g/mol. The van der Waals surface area contributed by atoms with Gasteiger partial charge in [-0.1, -0.05) is 38.8 Å². The number of rotatable bonds is 9. The number of carbonyl (C=O) groups is 4. The van der Waals surface area contributed by atoms with Crippen molar-refractivity contribution in [2.24, 2.45) is 28.6 Å². The molecule has 4 fully saturated rings. The van der Waals surface area contributed by atoms with E-state index in [1.807, 2.05) is 19.9 Å². The van der Waals surface area contributed by atoms with Crippen molar-refractivity contribution < 1.29 is 43.6 Å². The molecule has 1 saturated heterocycles. The van der Waals surface area contributed by atoms with Gasteiger partial charge in [-0.2, -0.15) is 0 Å². The number of fused-ring (bicyclic) bond motifs is 7. The van der Waals surface area contributed by atoms with Crippen LogP contribution < -0.4 is 0 Å². The number of aliphatic hydroxyl groups excluding tert-OH is 1. The summed E-state index contributed by atoms with van der Waals surface area (Å²) in [6.45, 7) is 5.67. The van der Waals surface area contributed by atoms with Crippen LogP contribution in [0.2, 0.25) is 0 Å². The Bertz CT molecular complexity index is 1110. The van der Waals surface area contributed by atoms with Crippen molar-refractivity contribution in [1.29, 1.82) is 0 Å². The van der Waals surface area contributed by atoms with Gasteiger partial charge in [0.05, 0.1) is 12.2 Å². The Balaban J connectivity index is 1.42. The van der Waals surface area contributed by atoms with Crippen LogP contribution in [-0.4, -0.2) is 64.4 Å². The zero-order valence-corrected chi connectivity index (χ0v) is 23.0. The molecule has 0 radical (unpaired) electrons. The number of hydrogen-bond acceptors (Lipinski definition) is 8. The highest BCUT2D eigenvalue weighted by Crippen LogP contribution is 2.69. The van der Waals surface area contributed by atoms with Gasteiger partial charge in [-0.3, -0.25) is 19.2 Å². The lowest BCUT2D eigenvalue weighted by Gasteiger charge is -2.59. The highest BCUT2D eigenvalue weighted by atomic mass is 16.7. The molecule has 214 valence electrons. The number of carboxylic acid groups (broad SMARTS) is 1. The number of ketones is 2. The Morgan fingerprint density at radius 2 is 1.97 bits per heavy atom. The summed E-state index contributed by atoms with van der Waals surface area (Å²) in [6.07, 6.45) is 7.35. The molecule has 9 atom stereocenters. The first-order valence-corrected chi connectivity index (χ1v) is 14.3. The second-order valence-electron chi connectivity index (χ2n) is 12.5. The number of allylic oxidation sites excluding steroid dienone is 4. The standard InChI is InChI=1S/C30H40O9/c1-4-6-26-38-23-14-20-19-10-9-17-13-18(31)11-12-28(17,2)27(19)21(32)15-29(20,3)30(23,39-26)22(33)16-37-25(36)8-5-7-24(34)35/h11-13,19-21,23,26-27,32H,4-10,14-16H2,1-3H3,(H,34,35)/t19-,20-,21-,23+,26?,27+,28-,29-,30+/m0/s1. The van der Waals surface area contributed by atoms with Gasteiger partial charge in [-0.15, -0.1) is 0 Å². The predicted molar refractivity (Wildman–Crippen MR) is 138 cm³/mol. The van der Waals surface area contributed by atoms with Crippen LogP contribution in [0.15, 0.2) is 23.8 Å². The third-order valence-electron chi connectivity index (χ3n) is 10.4. The molecule has 0 amide bonds. The number of aliphatic carboxylic acids is 1. The Kier molecular flexibility index (Phi) is 7.40. The molecule has 1 aliphatic heterocycles. The minimum atomic E-state index is -1.35. The van der Waals surface area contributed by atoms with E-state index in [-0.39, 0.29) is 48.6 Å². The Morgan fingerprint density at radius 3 is 2.69 bits per heavy atom. The number of hydrogen-bond donors (Lipinski definition) is 2. The van der Waals surface area contributed by atoms with E-state index >= 15 is 0 Å². The van der Waals surface area contributed by atoms with Gasteiger partial charge in [0, 0.05) is 29.6 Å². The molecular formula is C30H40O9. The molecule has 0 aromatic rings. The van der Waals surface area contributed by atoms with Crippen molar-refractivity contribution in [3.05, 3.63) is 23.8 Å². The SMILES string of the molecule is CCCC1O[C@@H]2C[C@H]3[C@@H]4CCC5=CC(=O)C=C[C@]5(C)[C@H]4[C@@H](O)C[C@]3(C)[C@]2(C(=O)COC(=O)CCCC(=O)O)O1. The van der Waals surface area contributed by atoms with E-state index in [0.29, 0.717) is 19.3 Å². The zero-order chi connectivity index (χ0) is 28.2. The molecule has 0 aromatic carbocycles. The first kappa shape index (κ1) is 28.2. The Morgan fingerprint density at radius 1 is 1.21 bits per heavy atom. The van der Waals surface area contributed by atoms with Crippen molar-refractivity contribution in [3.8, 4) is 0 Å². The Labute approximate surface area is 228 Å². The van der Waals surface area contributed by atoms with E-state index in [2.05, 4.69) is 6.92 Å². The smallest absolute Gasteiger partial charge is 0.306 e. The largest absolute Gasteiger partial charge is 0.481 e. The fourth-order valence-electron chi connectivity index (χ4n) is 8.71. The summed E-state index contributed by atoms with van der Waals surface area (Å²) in [5, 5.41) is 20.6. The van der Waals surface area contributed by atoms with Crippen molar-refractivity contribution in [1.82, 2.24) is 0 Å². The number of Topliss-reactive ketones (excluding diaryl/α,β-unsaturated/α-hetero) is 1. The summed E-state index contributed by atoms with van der Waals surface area (Å²) in [6, 6.07) is 0. The normalized spacial score (nSPS) is 42.2. The molecule has 0 bridgehead atoms. The van der Waals surface area contributed by atoms with E-state index in [9.17, 15) is 24.3 Å². The summed E-state index contributed by atoms with van der Waals surface area (Å²) in [5.74, 6) is -1.95. The fraction of sp³-hybridized carbons (Fsp3) is 0.733. The van der Waals surface area contributed by atoms with E-state index in [0.717, 1.165) is 24.8 Å². The van der Waals surface area contributed by atoms with Crippen LogP contribution in [0, 0.1) is 28.6 Å². The summed E-state index contributed by atoms with van der Waals surface area (Å²) in [4.78, 5) is 49.2. The molecule has 5 rings (SSSR count). The van der Waals surface area contributed by atoms with Gasteiger partial charge in [-0.25, -0.2) is 0 Å². The topological polar surface area (TPSA) is 136 Å². The van der Waals surface area contributed by atoms with Gasteiger partial charge in [0.25, 0.3) is 0 Å². The highest BCUT2D eigenvalue weighted by Gasteiger charge is 2.75. The first-order valence-electron chi connectivity index (χ1n) is 14.3. The molecular weight excluding hydrogens is 504 g/mol. The molecule has 9 heteroatoms. The van der Waals surface area contributed by atoms with Gasteiger partial charge in [0.15, 0.2) is 24.3 Å². The maximum atomic E-state index is 14.0. The molecule has 0 spiro atoms. The van der Waals surface area contributed by atoms with Crippen LogP contribution in [-0.2, 0) is 33.4 Å². The van der Waals surface area contributed by atoms with Crippen LogP contribution in [0.4, 0.5) is 0 Å². The summed E-state index contributed by atoms with van der Waals surface area (Å²) < 4.78 is 18.2. The van der Waals surface area contributed by atoms with Crippen molar-refractivity contribution >= 4 is 23.5 Å². The molecule has 0 aromatic heterocycles. The zero-order valence-electron chi connectivity index (χ0n) is 23.0. The van der Waals surface area contributed by atoms with E-state index in [4.69, 9.17) is 19.3 Å². The van der Waals surface area contributed by atoms with Gasteiger partial charge < -0.3 is 24.4 Å². The lowest BCUT2D eigenvalue weighted by Crippen LogP contribution is -2.63. The second kappa shape index (κ2) is 10.2. The van der Waals surface area contributed by atoms with Gasteiger partial charge >= 0.3 is 11.9 Å². The van der Waals surface area contributed by atoms with Crippen LogP contribution in [0.1, 0.15) is 78.6 Å².